The highest BCUT2D eigenvalue weighted by atomic mass is 79.9. The molecule has 1 aliphatic rings. The lowest BCUT2D eigenvalue weighted by Crippen LogP contribution is -2.35. The molecule has 0 N–H and O–H groups in total. The van der Waals surface area contributed by atoms with Crippen molar-refractivity contribution in [2.45, 2.75) is 17.9 Å². The minimum atomic E-state index is -3.50. The maximum atomic E-state index is 12.6. The van der Waals surface area contributed by atoms with Gasteiger partial charge in [0.15, 0.2) is 0 Å². The van der Waals surface area contributed by atoms with Gasteiger partial charge in [0, 0.05) is 29.5 Å². The molecule has 0 radical (unpaired) electrons. The maximum Gasteiger partial charge on any atom is 0.244 e. The summed E-state index contributed by atoms with van der Waals surface area (Å²) in [5, 5.41) is 3.70. The number of aromatic nitrogens is 1. The van der Waals surface area contributed by atoms with E-state index in [0.717, 1.165) is 11.3 Å². The topological polar surface area (TPSA) is 63.4 Å². The van der Waals surface area contributed by atoms with Crippen molar-refractivity contribution in [3.8, 4) is 0 Å². The number of nitrogens with zero attached hydrogens (tertiary/aromatic N) is 2. The SMILES string of the molecule is O=S(=O)(c1ccccc1Br)N1CCc2oncc2C1. The largest absolute Gasteiger partial charge is 0.361 e. The molecule has 2 heterocycles. The highest BCUT2D eigenvalue weighted by molar-refractivity contribution is 9.10. The van der Waals surface area contributed by atoms with Crippen LogP contribution in [0.1, 0.15) is 11.3 Å². The zero-order chi connectivity index (χ0) is 13.5. The van der Waals surface area contributed by atoms with Gasteiger partial charge in [-0.05, 0) is 28.1 Å². The molecule has 0 saturated heterocycles. The van der Waals surface area contributed by atoms with E-state index in [1.807, 2.05) is 0 Å². The average Bonchev–Trinajstić information content (AvgIpc) is 2.86. The highest BCUT2D eigenvalue weighted by Gasteiger charge is 2.31. The van der Waals surface area contributed by atoms with E-state index in [-0.39, 0.29) is 4.90 Å². The van der Waals surface area contributed by atoms with Crippen LogP contribution in [0, 0.1) is 0 Å². The van der Waals surface area contributed by atoms with E-state index in [4.69, 9.17) is 4.52 Å². The number of halogens is 1. The van der Waals surface area contributed by atoms with Crippen molar-refractivity contribution in [2.24, 2.45) is 0 Å². The van der Waals surface area contributed by atoms with Gasteiger partial charge in [-0.25, -0.2) is 8.42 Å². The summed E-state index contributed by atoms with van der Waals surface area (Å²) >= 11 is 3.29. The molecule has 1 aromatic carbocycles. The lowest BCUT2D eigenvalue weighted by molar-refractivity contribution is 0.331. The molecule has 3 rings (SSSR count). The van der Waals surface area contributed by atoms with Gasteiger partial charge in [-0.15, -0.1) is 0 Å². The number of sulfonamides is 1. The number of hydrogen-bond acceptors (Lipinski definition) is 4. The van der Waals surface area contributed by atoms with Crippen LogP contribution >= 0.6 is 15.9 Å². The molecule has 5 nitrogen and oxygen atoms in total. The Balaban J connectivity index is 1.97. The van der Waals surface area contributed by atoms with Crippen molar-refractivity contribution in [3.63, 3.8) is 0 Å². The van der Waals surface area contributed by atoms with Crippen molar-refractivity contribution < 1.29 is 12.9 Å². The molecule has 2 aromatic rings. The van der Waals surface area contributed by atoms with Crippen LogP contribution in [0.15, 0.2) is 44.4 Å². The van der Waals surface area contributed by atoms with Gasteiger partial charge in [0.25, 0.3) is 0 Å². The van der Waals surface area contributed by atoms with Crippen molar-refractivity contribution in [3.05, 3.63) is 46.3 Å². The lowest BCUT2D eigenvalue weighted by Gasteiger charge is -2.25. The first kappa shape index (κ1) is 12.8. The van der Waals surface area contributed by atoms with Crippen molar-refractivity contribution in [2.75, 3.05) is 6.54 Å². The number of fused-ring (bicyclic) bond motifs is 1. The molecule has 1 aliphatic heterocycles. The summed E-state index contributed by atoms with van der Waals surface area (Å²) in [5.74, 6) is 0.776. The van der Waals surface area contributed by atoms with Crippen molar-refractivity contribution in [1.29, 1.82) is 0 Å². The molecule has 0 atom stereocenters. The Labute approximate surface area is 119 Å². The molecule has 0 bridgehead atoms. The van der Waals surface area contributed by atoms with E-state index in [1.165, 1.54) is 4.31 Å². The summed E-state index contributed by atoms with van der Waals surface area (Å²) in [6.45, 7) is 0.717. The molecule has 0 spiro atoms. The molecule has 0 amide bonds. The molecule has 100 valence electrons. The van der Waals surface area contributed by atoms with Crippen LogP contribution in [0.3, 0.4) is 0 Å². The van der Waals surface area contributed by atoms with E-state index in [2.05, 4.69) is 21.1 Å². The number of rotatable bonds is 2. The Morgan fingerprint density at radius 2 is 2.11 bits per heavy atom. The third-order valence-corrected chi connectivity index (χ3v) is 5.98. The van der Waals surface area contributed by atoms with E-state index < -0.39 is 10.0 Å². The van der Waals surface area contributed by atoms with Gasteiger partial charge in [-0.3, -0.25) is 0 Å². The Hall–Kier alpha value is -1.18. The Bertz CT molecular complexity index is 711. The first-order chi connectivity index (χ1) is 9.09. The second-order valence-electron chi connectivity index (χ2n) is 4.29. The van der Waals surface area contributed by atoms with Gasteiger partial charge in [0.2, 0.25) is 10.0 Å². The van der Waals surface area contributed by atoms with Crippen LogP contribution in [-0.2, 0) is 23.0 Å². The van der Waals surface area contributed by atoms with Crippen LogP contribution in [0.5, 0.6) is 0 Å². The quantitative estimate of drug-likeness (QED) is 0.839. The predicted molar refractivity (Wildman–Crippen MR) is 71.9 cm³/mol. The fourth-order valence-corrected chi connectivity index (χ4v) is 4.50. The molecular formula is C12H11BrN2O3S. The van der Waals surface area contributed by atoms with Gasteiger partial charge in [-0.1, -0.05) is 17.3 Å². The van der Waals surface area contributed by atoms with Gasteiger partial charge in [0.05, 0.1) is 11.1 Å². The fourth-order valence-electron chi connectivity index (χ4n) is 2.11. The van der Waals surface area contributed by atoms with E-state index >= 15 is 0 Å². The molecule has 0 aliphatic carbocycles. The van der Waals surface area contributed by atoms with Crippen LogP contribution in [-0.4, -0.2) is 24.4 Å². The molecule has 0 saturated carbocycles. The average molecular weight is 343 g/mol. The Morgan fingerprint density at radius 3 is 2.89 bits per heavy atom. The molecular weight excluding hydrogens is 332 g/mol. The fraction of sp³-hybridized carbons (Fsp3) is 0.250. The zero-order valence-electron chi connectivity index (χ0n) is 9.91. The van der Waals surface area contributed by atoms with Gasteiger partial charge in [0.1, 0.15) is 5.76 Å². The van der Waals surface area contributed by atoms with Crippen molar-refractivity contribution in [1.82, 2.24) is 9.46 Å². The summed E-state index contributed by atoms with van der Waals surface area (Å²) in [6, 6.07) is 6.83. The standard InChI is InChI=1S/C12H11BrN2O3S/c13-10-3-1-2-4-12(10)19(16,17)15-6-5-11-9(8-15)7-14-18-11/h1-4,7H,5-6,8H2. The normalized spacial score (nSPS) is 16.3. The predicted octanol–water partition coefficient (Wildman–Crippen LogP) is 2.18. The number of hydrogen-bond donors (Lipinski definition) is 0. The van der Waals surface area contributed by atoms with Crippen molar-refractivity contribution >= 4 is 26.0 Å². The first-order valence-electron chi connectivity index (χ1n) is 5.76. The van der Waals surface area contributed by atoms with E-state index in [0.29, 0.717) is 24.0 Å². The Kier molecular flexibility index (Phi) is 3.20. The van der Waals surface area contributed by atoms with E-state index in [1.54, 1.807) is 30.5 Å². The lowest BCUT2D eigenvalue weighted by atomic mass is 10.1. The second-order valence-corrected chi connectivity index (χ2v) is 7.05. The van der Waals surface area contributed by atoms with E-state index in [9.17, 15) is 8.42 Å². The third kappa shape index (κ3) is 2.22. The monoisotopic (exact) mass is 342 g/mol. The second kappa shape index (κ2) is 4.73. The van der Waals surface area contributed by atoms with Crippen LogP contribution in [0.4, 0.5) is 0 Å². The highest BCUT2D eigenvalue weighted by Crippen LogP contribution is 2.28. The Morgan fingerprint density at radius 1 is 1.32 bits per heavy atom. The molecule has 0 fully saturated rings. The van der Waals surface area contributed by atoms with Gasteiger partial charge in [-0.2, -0.15) is 4.31 Å². The van der Waals surface area contributed by atoms with Gasteiger partial charge >= 0.3 is 0 Å². The molecule has 1 aromatic heterocycles. The first-order valence-corrected chi connectivity index (χ1v) is 7.99. The third-order valence-electron chi connectivity index (χ3n) is 3.12. The summed E-state index contributed by atoms with van der Waals surface area (Å²) in [5.41, 5.74) is 0.835. The smallest absolute Gasteiger partial charge is 0.244 e. The zero-order valence-corrected chi connectivity index (χ0v) is 12.3. The van der Waals surface area contributed by atoms with Crippen LogP contribution in [0.2, 0.25) is 0 Å². The summed E-state index contributed by atoms with van der Waals surface area (Å²) in [7, 11) is -3.50. The summed E-state index contributed by atoms with van der Waals surface area (Å²) in [4.78, 5) is 0.287. The van der Waals surface area contributed by atoms with Crippen LogP contribution < -0.4 is 0 Å². The summed E-state index contributed by atoms with van der Waals surface area (Å²) < 4.78 is 32.3. The number of benzene rings is 1. The van der Waals surface area contributed by atoms with Gasteiger partial charge < -0.3 is 4.52 Å². The minimum Gasteiger partial charge on any atom is -0.361 e. The summed E-state index contributed by atoms with van der Waals surface area (Å²) in [6.07, 6.45) is 2.13. The van der Waals surface area contributed by atoms with Crippen LogP contribution in [0.25, 0.3) is 0 Å². The maximum absolute atomic E-state index is 12.6. The molecule has 0 unspecified atom stereocenters. The molecule has 19 heavy (non-hydrogen) atoms. The minimum absolute atomic E-state index is 0.287. The molecule has 7 heteroatoms.